The maximum absolute atomic E-state index is 12.6. The standard InChI is InChI=1S/C21H25NO3/c1-15(19(23)13-16-7-3-2-4-8-16)22-20(24)21(25)12-11-17-9-5-6-10-18(17)14-21/h2-10,15,19,23,25H,11-14H2,1H3,(H,22,24)/t15-,19-,21-/m0/s1. The van der Waals surface area contributed by atoms with Gasteiger partial charge >= 0.3 is 0 Å². The number of hydrogen-bond acceptors (Lipinski definition) is 3. The SMILES string of the molecule is C[C@H](NC(=O)[C@]1(O)CCc2ccccc2C1)[C@@H](O)Cc1ccccc1. The number of fused-ring (bicyclic) bond motifs is 1. The monoisotopic (exact) mass is 339 g/mol. The van der Waals surface area contributed by atoms with Crippen LogP contribution < -0.4 is 5.32 Å². The van der Waals surface area contributed by atoms with Gasteiger partial charge in [0.2, 0.25) is 0 Å². The predicted molar refractivity (Wildman–Crippen MR) is 97.2 cm³/mol. The molecule has 3 N–H and O–H groups in total. The average Bonchev–Trinajstić information content (AvgIpc) is 2.62. The summed E-state index contributed by atoms with van der Waals surface area (Å²) in [6, 6.07) is 17.1. The Labute approximate surface area is 148 Å². The minimum absolute atomic E-state index is 0.316. The van der Waals surface area contributed by atoms with Crippen LogP contribution in [0.3, 0.4) is 0 Å². The summed E-state index contributed by atoms with van der Waals surface area (Å²) in [6.07, 6.45) is 1.16. The van der Waals surface area contributed by atoms with Crippen LogP contribution in [0.15, 0.2) is 54.6 Å². The van der Waals surface area contributed by atoms with Crippen LogP contribution in [0, 0.1) is 0 Å². The lowest BCUT2D eigenvalue weighted by Crippen LogP contribution is -2.55. The molecule has 0 heterocycles. The average molecular weight is 339 g/mol. The van der Waals surface area contributed by atoms with Crippen LogP contribution in [0.1, 0.15) is 30.0 Å². The first kappa shape index (κ1) is 17.6. The van der Waals surface area contributed by atoms with Crippen LogP contribution >= 0.6 is 0 Å². The lowest BCUT2D eigenvalue weighted by molar-refractivity contribution is -0.142. The second-order valence-electron chi connectivity index (χ2n) is 7.00. The van der Waals surface area contributed by atoms with Gasteiger partial charge in [-0.15, -0.1) is 0 Å². The Morgan fingerprint density at radius 3 is 2.48 bits per heavy atom. The van der Waals surface area contributed by atoms with Crippen molar-refractivity contribution >= 4 is 5.91 Å². The fourth-order valence-electron chi connectivity index (χ4n) is 3.38. The Morgan fingerprint density at radius 2 is 1.76 bits per heavy atom. The largest absolute Gasteiger partial charge is 0.391 e. The molecule has 0 aromatic heterocycles. The van der Waals surface area contributed by atoms with E-state index in [2.05, 4.69) is 5.32 Å². The van der Waals surface area contributed by atoms with Gasteiger partial charge in [0, 0.05) is 12.8 Å². The van der Waals surface area contributed by atoms with Crippen molar-refractivity contribution in [1.29, 1.82) is 0 Å². The molecule has 3 atom stereocenters. The summed E-state index contributed by atoms with van der Waals surface area (Å²) in [7, 11) is 0. The molecule has 132 valence electrons. The number of hydrogen-bond donors (Lipinski definition) is 3. The van der Waals surface area contributed by atoms with E-state index >= 15 is 0 Å². The van der Waals surface area contributed by atoms with Gasteiger partial charge in [-0.05, 0) is 36.5 Å². The Morgan fingerprint density at radius 1 is 1.12 bits per heavy atom. The highest BCUT2D eigenvalue weighted by Crippen LogP contribution is 2.29. The highest BCUT2D eigenvalue weighted by atomic mass is 16.3. The van der Waals surface area contributed by atoms with E-state index in [9.17, 15) is 15.0 Å². The molecule has 1 amide bonds. The minimum atomic E-state index is -1.41. The first-order valence-electron chi connectivity index (χ1n) is 8.80. The van der Waals surface area contributed by atoms with Gasteiger partial charge < -0.3 is 15.5 Å². The van der Waals surface area contributed by atoms with Gasteiger partial charge in [-0.25, -0.2) is 0 Å². The summed E-state index contributed by atoms with van der Waals surface area (Å²) in [5.74, 6) is -0.401. The maximum atomic E-state index is 12.6. The normalized spacial score (nSPS) is 21.9. The molecule has 0 saturated heterocycles. The van der Waals surface area contributed by atoms with Gasteiger partial charge in [-0.3, -0.25) is 4.79 Å². The highest BCUT2D eigenvalue weighted by molar-refractivity contribution is 5.86. The number of carbonyl (C=O) groups excluding carboxylic acids is 1. The molecule has 4 nitrogen and oxygen atoms in total. The number of carbonyl (C=O) groups is 1. The van der Waals surface area contributed by atoms with Crippen LogP contribution in [0.25, 0.3) is 0 Å². The zero-order valence-corrected chi connectivity index (χ0v) is 14.5. The third-order valence-electron chi connectivity index (χ3n) is 5.06. The lowest BCUT2D eigenvalue weighted by atomic mass is 9.80. The van der Waals surface area contributed by atoms with Crippen LogP contribution in [0.5, 0.6) is 0 Å². The number of nitrogens with one attached hydrogen (secondary N) is 1. The van der Waals surface area contributed by atoms with Gasteiger partial charge in [-0.1, -0.05) is 54.6 Å². The molecule has 0 unspecified atom stereocenters. The Balaban J connectivity index is 1.61. The molecule has 3 rings (SSSR count). The molecular formula is C21H25NO3. The topological polar surface area (TPSA) is 69.6 Å². The summed E-state index contributed by atoms with van der Waals surface area (Å²) in [5, 5.41) is 24.0. The first-order chi connectivity index (χ1) is 12.0. The van der Waals surface area contributed by atoms with E-state index < -0.39 is 23.7 Å². The molecule has 0 fully saturated rings. The molecule has 1 aliphatic rings. The van der Waals surface area contributed by atoms with E-state index in [0.717, 1.165) is 11.1 Å². The van der Waals surface area contributed by atoms with E-state index in [1.807, 2.05) is 54.6 Å². The Hall–Kier alpha value is -2.17. The third kappa shape index (κ3) is 4.09. The second-order valence-corrected chi connectivity index (χ2v) is 7.00. The van der Waals surface area contributed by atoms with Crippen LogP contribution in [-0.2, 0) is 24.1 Å². The fourth-order valence-corrected chi connectivity index (χ4v) is 3.38. The van der Waals surface area contributed by atoms with Gasteiger partial charge in [0.1, 0.15) is 5.60 Å². The number of amides is 1. The molecule has 25 heavy (non-hydrogen) atoms. The lowest BCUT2D eigenvalue weighted by Gasteiger charge is -2.34. The predicted octanol–water partition coefficient (Wildman–Crippen LogP) is 2.01. The van der Waals surface area contributed by atoms with Gasteiger partial charge in [0.05, 0.1) is 12.1 Å². The van der Waals surface area contributed by atoms with E-state index in [1.54, 1.807) is 6.92 Å². The van der Waals surface area contributed by atoms with Crippen LogP contribution in [0.2, 0.25) is 0 Å². The summed E-state index contributed by atoms with van der Waals surface area (Å²) in [5.41, 5.74) is 1.82. The molecule has 4 heteroatoms. The third-order valence-corrected chi connectivity index (χ3v) is 5.06. The van der Waals surface area contributed by atoms with E-state index in [-0.39, 0.29) is 0 Å². The molecule has 0 bridgehead atoms. The van der Waals surface area contributed by atoms with Crippen LogP contribution in [-0.4, -0.2) is 33.9 Å². The molecule has 2 aromatic carbocycles. The summed E-state index contributed by atoms with van der Waals surface area (Å²) in [6.45, 7) is 1.77. The smallest absolute Gasteiger partial charge is 0.252 e. The maximum Gasteiger partial charge on any atom is 0.252 e. The number of rotatable bonds is 5. The Kier molecular flexibility index (Phi) is 5.21. The van der Waals surface area contributed by atoms with Gasteiger partial charge in [0.15, 0.2) is 0 Å². The molecule has 1 aliphatic carbocycles. The number of aliphatic hydroxyl groups excluding tert-OH is 1. The van der Waals surface area contributed by atoms with Crippen molar-refractivity contribution in [2.75, 3.05) is 0 Å². The van der Waals surface area contributed by atoms with Crippen LogP contribution in [0.4, 0.5) is 0 Å². The summed E-state index contributed by atoms with van der Waals surface area (Å²) < 4.78 is 0. The van der Waals surface area contributed by atoms with Crippen molar-refractivity contribution < 1.29 is 15.0 Å². The molecule has 0 radical (unpaired) electrons. The molecule has 0 spiro atoms. The van der Waals surface area contributed by atoms with Gasteiger partial charge in [-0.2, -0.15) is 0 Å². The summed E-state index contributed by atoms with van der Waals surface area (Å²) >= 11 is 0. The van der Waals surface area contributed by atoms with Crippen molar-refractivity contribution in [3.05, 3.63) is 71.3 Å². The van der Waals surface area contributed by atoms with E-state index in [0.29, 0.717) is 25.7 Å². The van der Waals surface area contributed by atoms with E-state index in [1.165, 1.54) is 5.56 Å². The quantitative estimate of drug-likeness (QED) is 0.780. The first-order valence-corrected chi connectivity index (χ1v) is 8.80. The fraction of sp³-hybridized carbons (Fsp3) is 0.381. The Bertz CT molecular complexity index is 731. The minimum Gasteiger partial charge on any atom is -0.391 e. The molecular weight excluding hydrogens is 314 g/mol. The van der Waals surface area contributed by atoms with Crippen molar-refractivity contribution in [1.82, 2.24) is 5.32 Å². The second kappa shape index (κ2) is 7.38. The number of aliphatic hydroxyl groups is 2. The highest BCUT2D eigenvalue weighted by Gasteiger charge is 2.40. The van der Waals surface area contributed by atoms with Crippen molar-refractivity contribution in [2.45, 2.75) is 50.4 Å². The van der Waals surface area contributed by atoms with Crippen molar-refractivity contribution in [3.8, 4) is 0 Å². The van der Waals surface area contributed by atoms with Crippen molar-refractivity contribution in [2.24, 2.45) is 0 Å². The number of benzene rings is 2. The zero-order valence-electron chi connectivity index (χ0n) is 14.5. The molecule has 0 aliphatic heterocycles. The molecule has 2 aromatic rings. The zero-order chi connectivity index (χ0) is 17.9. The van der Waals surface area contributed by atoms with E-state index in [4.69, 9.17) is 0 Å². The number of aryl methyl sites for hydroxylation is 1. The van der Waals surface area contributed by atoms with Crippen molar-refractivity contribution in [3.63, 3.8) is 0 Å². The van der Waals surface area contributed by atoms with Gasteiger partial charge in [0.25, 0.3) is 5.91 Å². The summed E-state index contributed by atoms with van der Waals surface area (Å²) in [4.78, 5) is 12.6. The molecule has 0 saturated carbocycles.